The number of amides is 2. The van der Waals surface area contributed by atoms with Gasteiger partial charge in [-0.1, -0.05) is 18.2 Å². The van der Waals surface area contributed by atoms with Gasteiger partial charge in [-0.2, -0.15) is 0 Å². The van der Waals surface area contributed by atoms with Crippen molar-refractivity contribution >= 4 is 29.5 Å². The van der Waals surface area contributed by atoms with Gasteiger partial charge in [0.25, 0.3) is 17.5 Å². The van der Waals surface area contributed by atoms with Gasteiger partial charge in [0.05, 0.1) is 4.92 Å². The molecule has 9 heteroatoms. The Morgan fingerprint density at radius 2 is 1.67 bits per heavy atom. The first kappa shape index (κ1) is 19.3. The zero-order valence-electron chi connectivity index (χ0n) is 13.9. The Hall–Kier alpha value is -4.01. The molecular formula is C18H15N3O6. The van der Waals surface area contributed by atoms with Crippen molar-refractivity contribution in [3.63, 3.8) is 0 Å². The van der Waals surface area contributed by atoms with E-state index in [0.29, 0.717) is 11.1 Å². The van der Waals surface area contributed by atoms with Crippen LogP contribution in [0.1, 0.15) is 15.9 Å². The predicted molar refractivity (Wildman–Crippen MR) is 95.6 cm³/mol. The monoisotopic (exact) mass is 369 g/mol. The van der Waals surface area contributed by atoms with Crippen LogP contribution in [0.3, 0.4) is 0 Å². The Balaban J connectivity index is 2.27. The van der Waals surface area contributed by atoms with Crippen molar-refractivity contribution in [3.05, 3.63) is 81.5 Å². The van der Waals surface area contributed by atoms with E-state index in [9.17, 15) is 24.5 Å². The highest BCUT2D eigenvalue weighted by Gasteiger charge is 2.15. The number of nitrogens with zero attached hydrogens (tertiary/aromatic N) is 1. The molecule has 2 rings (SSSR count). The Labute approximate surface area is 153 Å². The normalized spacial score (nSPS) is 10.7. The van der Waals surface area contributed by atoms with Crippen LogP contribution in [0.15, 0.2) is 60.3 Å². The van der Waals surface area contributed by atoms with Gasteiger partial charge in [-0.05, 0) is 35.9 Å². The molecule has 3 N–H and O–H groups in total. The molecule has 0 fully saturated rings. The highest BCUT2D eigenvalue weighted by molar-refractivity contribution is 6.05. The lowest BCUT2D eigenvalue weighted by molar-refractivity contribution is -0.384. The SMILES string of the molecule is O=C(O)CNC(=O)/C(=C/c1ccc([N+](=O)[O-])cc1)NC(=O)c1ccccc1. The maximum absolute atomic E-state index is 12.3. The third-order valence-corrected chi connectivity index (χ3v) is 3.34. The predicted octanol–water partition coefficient (Wildman–Crippen LogP) is 1.57. The van der Waals surface area contributed by atoms with Gasteiger partial charge in [-0.3, -0.25) is 24.5 Å². The molecule has 2 aromatic rings. The topological polar surface area (TPSA) is 139 Å². The van der Waals surface area contributed by atoms with Crippen molar-refractivity contribution in [2.75, 3.05) is 6.54 Å². The number of nitro benzene ring substituents is 1. The summed E-state index contributed by atoms with van der Waals surface area (Å²) < 4.78 is 0. The molecule has 0 radical (unpaired) electrons. The zero-order chi connectivity index (χ0) is 19.8. The molecule has 138 valence electrons. The highest BCUT2D eigenvalue weighted by atomic mass is 16.6. The number of hydrogen-bond donors (Lipinski definition) is 3. The van der Waals surface area contributed by atoms with E-state index in [1.54, 1.807) is 30.3 Å². The van der Waals surface area contributed by atoms with Crippen LogP contribution in [0.5, 0.6) is 0 Å². The molecule has 0 aliphatic carbocycles. The van der Waals surface area contributed by atoms with E-state index in [4.69, 9.17) is 5.11 Å². The number of aliphatic carboxylic acids is 1. The molecule has 0 spiro atoms. The van der Waals surface area contributed by atoms with Crippen molar-refractivity contribution in [1.82, 2.24) is 10.6 Å². The van der Waals surface area contributed by atoms with Crippen LogP contribution in [0.4, 0.5) is 5.69 Å². The van der Waals surface area contributed by atoms with E-state index in [1.165, 1.54) is 30.3 Å². The summed E-state index contributed by atoms with van der Waals surface area (Å²) in [5, 5.41) is 24.0. The van der Waals surface area contributed by atoms with Gasteiger partial charge in [0.15, 0.2) is 0 Å². The Morgan fingerprint density at radius 3 is 2.22 bits per heavy atom. The molecule has 0 aromatic heterocycles. The average Bonchev–Trinajstić information content (AvgIpc) is 2.66. The third kappa shape index (κ3) is 5.78. The van der Waals surface area contributed by atoms with Crippen molar-refractivity contribution in [2.45, 2.75) is 0 Å². The second-order valence-corrected chi connectivity index (χ2v) is 5.30. The second kappa shape index (κ2) is 8.90. The summed E-state index contributed by atoms with van der Waals surface area (Å²) in [5.41, 5.74) is 0.392. The van der Waals surface area contributed by atoms with Crippen LogP contribution in [0.25, 0.3) is 6.08 Å². The maximum atomic E-state index is 12.3. The molecule has 0 heterocycles. The number of carbonyl (C=O) groups is 3. The average molecular weight is 369 g/mol. The minimum Gasteiger partial charge on any atom is -0.480 e. The molecule has 9 nitrogen and oxygen atoms in total. The summed E-state index contributed by atoms with van der Waals surface area (Å²) in [6, 6.07) is 13.4. The maximum Gasteiger partial charge on any atom is 0.322 e. The van der Waals surface area contributed by atoms with Gasteiger partial charge in [-0.15, -0.1) is 0 Å². The number of rotatable bonds is 7. The van der Waals surface area contributed by atoms with Crippen LogP contribution in [0.2, 0.25) is 0 Å². The number of carboxylic acid groups (broad SMARTS) is 1. The van der Waals surface area contributed by atoms with Crippen LogP contribution in [-0.4, -0.2) is 34.4 Å². The Bertz CT molecular complexity index is 891. The van der Waals surface area contributed by atoms with E-state index >= 15 is 0 Å². The summed E-state index contributed by atoms with van der Waals surface area (Å²) in [6.07, 6.45) is 1.29. The van der Waals surface area contributed by atoms with Crippen LogP contribution in [0, 0.1) is 10.1 Å². The molecule has 0 saturated heterocycles. The second-order valence-electron chi connectivity index (χ2n) is 5.30. The summed E-state index contributed by atoms with van der Waals surface area (Å²) in [6.45, 7) is -0.627. The van der Waals surface area contributed by atoms with Gasteiger partial charge < -0.3 is 15.7 Å². The first-order valence-electron chi connectivity index (χ1n) is 7.69. The van der Waals surface area contributed by atoms with Crippen molar-refractivity contribution in [1.29, 1.82) is 0 Å². The molecule has 2 aromatic carbocycles. The molecule has 0 aliphatic rings. The number of nitrogens with one attached hydrogen (secondary N) is 2. The van der Waals surface area contributed by atoms with E-state index in [2.05, 4.69) is 10.6 Å². The van der Waals surface area contributed by atoms with Gasteiger partial charge in [0, 0.05) is 17.7 Å². The number of non-ortho nitro benzene ring substituents is 1. The third-order valence-electron chi connectivity index (χ3n) is 3.34. The van der Waals surface area contributed by atoms with E-state index in [0.717, 1.165) is 0 Å². The van der Waals surface area contributed by atoms with Gasteiger partial charge in [0.1, 0.15) is 12.2 Å². The fourth-order valence-corrected chi connectivity index (χ4v) is 2.05. The van der Waals surface area contributed by atoms with Crippen molar-refractivity contribution in [2.24, 2.45) is 0 Å². The molecule has 27 heavy (non-hydrogen) atoms. The van der Waals surface area contributed by atoms with E-state index < -0.39 is 29.3 Å². The van der Waals surface area contributed by atoms with Gasteiger partial charge >= 0.3 is 5.97 Å². The van der Waals surface area contributed by atoms with Crippen LogP contribution >= 0.6 is 0 Å². The van der Waals surface area contributed by atoms with Crippen LogP contribution < -0.4 is 10.6 Å². The summed E-state index contributed by atoms with van der Waals surface area (Å²) in [5.74, 6) is -2.61. The largest absolute Gasteiger partial charge is 0.480 e. The fourth-order valence-electron chi connectivity index (χ4n) is 2.05. The van der Waals surface area contributed by atoms with Gasteiger partial charge in [0.2, 0.25) is 0 Å². The first-order valence-corrected chi connectivity index (χ1v) is 7.69. The number of carbonyl (C=O) groups excluding carboxylic acids is 2. The molecule has 0 unspecified atom stereocenters. The molecule has 0 aliphatic heterocycles. The number of nitro groups is 1. The molecule has 2 amide bonds. The number of hydrogen-bond acceptors (Lipinski definition) is 5. The Morgan fingerprint density at radius 1 is 1.04 bits per heavy atom. The van der Waals surface area contributed by atoms with Crippen molar-refractivity contribution < 1.29 is 24.4 Å². The molecular weight excluding hydrogens is 354 g/mol. The minimum atomic E-state index is -1.24. The van der Waals surface area contributed by atoms with Crippen LogP contribution in [-0.2, 0) is 9.59 Å². The molecule has 0 atom stereocenters. The summed E-state index contributed by atoms with van der Waals surface area (Å²) in [4.78, 5) is 45.3. The zero-order valence-corrected chi connectivity index (χ0v) is 13.9. The lowest BCUT2D eigenvalue weighted by atomic mass is 10.1. The summed E-state index contributed by atoms with van der Waals surface area (Å²) >= 11 is 0. The lowest BCUT2D eigenvalue weighted by Crippen LogP contribution is -2.37. The molecule has 0 bridgehead atoms. The van der Waals surface area contributed by atoms with E-state index in [-0.39, 0.29) is 11.4 Å². The highest BCUT2D eigenvalue weighted by Crippen LogP contribution is 2.14. The lowest BCUT2D eigenvalue weighted by Gasteiger charge is -2.10. The van der Waals surface area contributed by atoms with Crippen molar-refractivity contribution in [3.8, 4) is 0 Å². The minimum absolute atomic E-state index is 0.127. The van der Waals surface area contributed by atoms with E-state index in [1.807, 2.05) is 0 Å². The Kier molecular flexibility index (Phi) is 6.37. The first-order chi connectivity index (χ1) is 12.9. The summed E-state index contributed by atoms with van der Waals surface area (Å²) in [7, 11) is 0. The smallest absolute Gasteiger partial charge is 0.322 e. The number of benzene rings is 2. The quantitative estimate of drug-likeness (QED) is 0.385. The van der Waals surface area contributed by atoms with Gasteiger partial charge in [-0.25, -0.2) is 0 Å². The fraction of sp³-hybridized carbons (Fsp3) is 0.0556. The standard InChI is InChI=1S/C18H15N3O6/c22-16(23)11-19-18(25)15(20-17(24)13-4-2-1-3-5-13)10-12-6-8-14(9-7-12)21(26)27/h1-10H,11H2,(H,19,25)(H,20,24)(H,22,23)/b15-10-. The number of carboxylic acids is 1. The molecule has 0 saturated carbocycles.